The molecule has 0 fully saturated rings. The van der Waals surface area contributed by atoms with Crippen LogP contribution in [0.4, 0.5) is 0 Å². The Morgan fingerprint density at radius 2 is 1.61 bits per heavy atom. The Hall–Kier alpha value is -2.46. The molecule has 0 saturated heterocycles. The van der Waals surface area contributed by atoms with E-state index < -0.39 is 0 Å². The topological polar surface area (TPSA) is 42.9 Å². The molecule has 1 atom stereocenters. The summed E-state index contributed by atoms with van der Waals surface area (Å²) >= 11 is 1.45. The van der Waals surface area contributed by atoms with E-state index in [1.54, 1.807) is 6.33 Å². The van der Waals surface area contributed by atoms with E-state index in [9.17, 15) is 4.79 Å². The summed E-state index contributed by atoms with van der Waals surface area (Å²) in [7, 11) is 0. The minimum absolute atomic E-state index is 0.107. The van der Waals surface area contributed by atoms with Crippen LogP contribution < -0.4 is 0 Å². The molecule has 0 unspecified atom stereocenters. The van der Waals surface area contributed by atoms with Crippen LogP contribution in [0.5, 0.6) is 0 Å². The Morgan fingerprint density at radius 1 is 0.957 bits per heavy atom. The Morgan fingerprint density at radius 3 is 2.30 bits per heavy atom. The standard InChI is InChI=1S/C19H16N2OS/c1-14(19(22)16-10-6-3-7-11-16)23-18-12-17(20-13-21-18)15-8-4-2-5-9-15/h2-14H,1H3/t14-/m1/s1. The van der Waals surface area contributed by atoms with Crippen LogP contribution >= 0.6 is 11.8 Å². The van der Waals surface area contributed by atoms with Gasteiger partial charge in [-0.15, -0.1) is 0 Å². The highest BCUT2D eigenvalue weighted by Gasteiger charge is 2.17. The second kappa shape index (κ2) is 7.20. The molecule has 1 aromatic heterocycles. The van der Waals surface area contributed by atoms with Gasteiger partial charge in [0.2, 0.25) is 0 Å². The average Bonchev–Trinajstić information content (AvgIpc) is 2.63. The maximum Gasteiger partial charge on any atom is 0.175 e. The molecule has 0 N–H and O–H groups in total. The number of rotatable bonds is 5. The molecule has 0 saturated carbocycles. The fraction of sp³-hybridized carbons (Fsp3) is 0.105. The van der Waals surface area contributed by atoms with Crippen LogP contribution in [-0.2, 0) is 0 Å². The normalized spacial score (nSPS) is 11.9. The van der Waals surface area contributed by atoms with Gasteiger partial charge in [-0.1, -0.05) is 72.4 Å². The number of carbonyl (C=O) groups is 1. The number of hydrogen-bond acceptors (Lipinski definition) is 4. The van der Waals surface area contributed by atoms with Crippen LogP contribution in [0.1, 0.15) is 17.3 Å². The number of benzene rings is 2. The lowest BCUT2D eigenvalue weighted by molar-refractivity contribution is 0.0994. The summed E-state index contributed by atoms with van der Waals surface area (Å²) in [5, 5.41) is 0.603. The number of ketones is 1. The van der Waals surface area contributed by atoms with Gasteiger partial charge in [-0.25, -0.2) is 9.97 Å². The molecule has 0 aliphatic carbocycles. The molecule has 114 valence electrons. The monoisotopic (exact) mass is 320 g/mol. The first-order chi connectivity index (χ1) is 11.2. The smallest absolute Gasteiger partial charge is 0.175 e. The Bertz CT molecular complexity index is 791. The van der Waals surface area contributed by atoms with Crippen molar-refractivity contribution >= 4 is 17.5 Å². The predicted octanol–water partition coefficient (Wildman–Crippen LogP) is 4.51. The van der Waals surface area contributed by atoms with Crippen LogP contribution in [0.2, 0.25) is 0 Å². The number of aromatic nitrogens is 2. The summed E-state index contributed by atoms with van der Waals surface area (Å²) < 4.78 is 0. The van der Waals surface area contributed by atoms with Crippen molar-refractivity contribution in [1.82, 2.24) is 9.97 Å². The van der Waals surface area contributed by atoms with Crippen LogP contribution in [0.3, 0.4) is 0 Å². The summed E-state index contributed by atoms with van der Waals surface area (Å²) in [6.45, 7) is 1.91. The van der Waals surface area contributed by atoms with Gasteiger partial charge in [-0.05, 0) is 13.0 Å². The van der Waals surface area contributed by atoms with Crippen molar-refractivity contribution in [3.05, 3.63) is 78.6 Å². The second-order valence-corrected chi connectivity index (χ2v) is 6.46. The van der Waals surface area contributed by atoms with Crippen molar-refractivity contribution in [2.45, 2.75) is 17.2 Å². The molecule has 0 radical (unpaired) electrons. The third-order valence-electron chi connectivity index (χ3n) is 3.44. The fourth-order valence-corrected chi connectivity index (χ4v) is 3.14. The molecule has 0 aliphatic heterocycles. The van der Waals surface area contributed by atoms with Crippen molar-refractivity contribution in [3.63, 3.8) is 0 Å². The summed E-state index contributed by atoms with van der Waals surface area (Å²) in [6.07, 6.45) is 1.55. The third kappa shape index (κ3) is 3.85. The maximum absolute atomic E-state index is 12.4. The predicted molar refractivity (Wildman–Crippen MR) is 93.6 cm³/mol. The van der Waals surface area contributed by atoms with Gasteiger partial charge in [0.15, 0.2) is 5.78 Å². The molecular weight excluding hydrogens is 304 g/mol. The Labute approximate surface area is 139 Å². The lowest BCUT2D eigenvalue weighted by atomic mass is 10.1. The van der Waals surface area contributed by atoms with Crippen molar-refractivity contribution in [3.8, 4) is 11.3 Å². The van der Waals surface area contributed by atoms with Crippen LogP contribution in [0.25, 0.3) is 11.3 Å². The van der Waals surface area contributed by atoms with E-state index in [0.29, 0.717) is 0 Å². The van der Waals surface area contributed by atoms with Crippen molar-refractivity contribution in [2.24, 2.45) is 0 Å². The molecule has 23 heavy (non-hydrogen) atoms. The minimum Gasteiger partial charge on any atom is -0.293 e. The molecule has 0 amide bonds. The lowest BCUT2D eigenvalue weighted by Gasteiger charge is -2.10. The Balaban J connectivity index is 1.77. The quantitative estimate of drug-likeness (QED) is 0.394. The molecule has 3 nitrogen and oxygen atoms in total. The highest BCUT2D eigenvalue weighted by Crippen LogP contribution is 2.26. The van der Waals surface area contributed by atoms with Gasteiger partial charge < -0.3 is 0 Å². The first-order valence-corrected chi connectivity index (χ1v) is 8.25. The molecule has 1 heterocycles. The van der Waals surface area contributed by atoms with Crippen LogP contribution in [0.15, 0.2) is 78.1 Å². The van der Waals surface area contributed by atoms with Crippen molar-refractivity contribution in [1.29, 1.82) is 0 Å². The van der Waals surface area contributed by atoms with Gasteiger partial charge in [0.25, 0.3) is 0 Å². The molecule has 3 rings (SSSR count). The molecule has 2 aromatic carbocycles. The zero-order valence-corrected chi connectivity index (χ0v) is 13.5. The van der Waals surface area contributed by atoms with Crippen molar-refractivity contribution in [2.75, 3.05) is 0 Å². The van der Waals surface area contributed by atoms with Crippen LogP contribution in [0, 0.1) is 0 Å². The van der Waals surface area contributed by atoms with E-state index in [-0.39, 0.29) is 11.0 Å². The maximum atomic E-state index is 12.4. The largest absolute Gasteiger partial charge is 0.293 e. The van der Waals surface area contributed by atoms with Gasteiger partial charge in [-0.2, -0.15) is 0 Å². The van der Waals surface area contributed by atoms with Gasteiger partial charge in [0.05, 0.1) is 10.9 Å². The van der Waals surface area contributed by atoms with E-state index in [1.807, 2.05) is 73.7 Å². The van der Waals surface area contributed by atoms with Gasteiger partial charge >= 0.3 is 0 Å². The summed E-state index contributed by atoms with van der Waals surface area (Å²) in [4.78, 5) is 21.0. The highest BCUT2D eigenvalue weighted by atomic mass is 32.2. The zero-order chi connectivity index (χ0) is 16.1. The summed E-state index contributed by atoms with van der Waals surface area (Å²) in [5.74, 6) is 0.107. The molecule has 0 bridgehead atoms. The molecule has 4 heteroatoms. The van der Waals surface area contributed by atoms with E-state index in [4.69, 9.17) is 0 Å². The molecule has 3 aromatic rings. The number of hydrogen-bond donors (Lipinski definition) is 0. The van der Waals surface area contributed by atoms with E-state index in [1.165, 1.54) is 11.8 Å². The number of carbonyl (C=O) groups excluding carboxylic acids is 1. The molecular formula is C19H16N2OS. The summed E-state index contributed by atoms with van der Waals surface area (Å²) in [5.41, 5.74) is 2.63. The summed E-state index contributed by atoms with van der Waals surface area (Å²) in [6, 6.07) is 21.2. The highest BCUT2D eigenvalue weighted by molar-refractivity contribution is 8.00. The zero-order valence-electron chi connectivity index (χ0n) is 12.7. The fourth-order valence-electron chi connectivity index (χ4n) is 2.24. The van der Waals surface area contributed by atoms with Gasteiger partial charge in [-0.3, -0.25) is 4.79 Å². The van der Waals surface area contributed by atoms with E-state index in [2.05, 4.69) is 9.97 Å². The van der Waals surface area contributed by atoms with E-state index >= 15 is 0 Å². The molecule has 0 aliphatic rings. The van der Waals surface area contributed by atoms with Gasteiger partial charge in [0, 0.05) is 11.1 Å². The van der Waals surface area contributed by atoms with Crippen LogP contribution in [-0.4, -0.2) is 21.0 Å². The molecule has 0 spiro atoms. The second-order valence-electron chi connectivity index (χ2n) is 5.10. The Kier molecular flexibility index (Phi) is 4.83. The van der Waals surface area contributed by atoms with E-state index in [0.717, 1.165) is 21.8 Å². The first-order valence-electron chi connectivity index (χ1n) is 7.37. The number of Topliss-reactive ketones (excluding diaryl/α,β-unsaturated/α-hetero) is 1. The van der Waals surface area contributed by atoms with Crippen molar-refractivity contribution < 1.29 is 4.79 Å². The SMILES string of the molecule is C[C@@H](Sc1cc(-c2ccccc2)ncn1)C(=O)c1ccccc1. The minimum atomic E-state index is -0.198. The number of nitrogens with zero attached hydrogens (tertiary/aromatic N) is 2. The third-order valence-corrected chi connectivity index (χ3v) is 4.47. The van der Waals surface area contributed by atoms with Gasteiger partial charge in [0.1, 0.15) is 11.4 Å². The average molecular weight is 320 g/mol. The lowest BCUT2D eigenvalue weighted by Crippen LogP contribution is -2.13. The first kappa shape index (κ1) is 15.4. The number of thioether (sulfide) groups is 1.